The zero-order valence-corrected chi connectivity index (χ0v) is 19.6. The van der Waals surface area contributed by atoms with E-state index in [-0.39, 0.29) is 18.0 Å². The number of nitrogens with zero attached hydrogens (tertiary/aromatic N) is 1. The molecule has 4 nitrogen and oxygen atoms in total. The Morgan fingerprint density at radius 1 is 1.06 bits per heavy atom. The second-order valence-corrected chi connectivity index (χ2v) is 8.81. The van der Waals surface area contributed by atoms with Crippen LogP contribution in [-0.4, -0.2) is 17.4 Å². The maximum Gasteiger partial charge on any atom is 0.162 e. The number of aliphatic imine (C=N–C) groups is 1. The van der Waals surface area contributed by atoms with Gasteiger partial charge in [0, 0.05) is 28.2 Å². The third kappa shape index (κ3) is 4.68. The number of ether oxygens (including phenoxy) is 1. The molecule has 0 bridgehead atoms. The van der Waals surface area contributed by atoms with E-state index in [9.17, 15) is 5.11 Å². The van der Waals surface area contributed by atoms with Gasteiger partial charge in [0.2, 0.25) is 0 Å². The Balaban J connectivity index is 1.79. The summed E-state index contributed by atoms with van der Waals surface area (Å²) < 4.78 is 6.65. The summed E-state index contributed by atoms with van der Waals surface area (Å²) in [5.74, 6) is 0.702. The molecule has 0 aliphatic carbocycles. The van der Waals surface area contributed by atoms with Gasteiger partial charge in [-0.2, -0.15) is 0 Å². The highest BCUT2D eigenvalue weighted by Gasteiger charge is 2.29. The van der Waals surface area contributed by atoms with Gasteiger partial charge in [-0.1, -0.05) is 64.0 Å². The van der Waals surface area contributed by atoms with Crippen molar-refractivity contribution in [2.75, 3.05) is 6.61 Å². The zero-order chi connectivity index (χ0) is 22.0. The van der Waals surface area contributed by atoms with Gasteiger partial charge in [0.1, 0.15) is 6.17 Å². The highest BCUT2D eigenvalue weighted by atomic mass is 79.9. The summed E-state index contributed by atoms with van der Waals surface area (Å²) in [6, 6.07) is 20.3. The molecule has 5 heteroatoms. The maximum atomic E-state index is 10.9. The summed E-state index contributed by atoms with van der Waals surface area (Å²) in [7, 11) is 0. The van der Waals surface area contributed by atoms with E-state index >= 15 is 0 Å². The molecule has 3 aromatic carbocycles. The van der Waals surface area contributed by atoms with Crippen molar-refractivity contribution in [3.63, 3.8) is 0 Å². The molecule has 0 radical (unpaired) electrons. The number of para-hydroxylation sites is 1. The first kappa shape index (κ1) is 21.6. The van der Waals surface area contributed by atoms with Crippen LogP contribution in [0.15, 0.2) is 70.1 Å². The van der Waals surface area contributed by atoms with E-state index in [0.717, 1.165) is 26.9 Å². The minimum atomic E-state index is -0.205. The van der Waals surface area contributed by atoms with E-state index in [1.54, 1.807) is 6.07 Å². The first-order valence-electron chi connectivity index (χ1n) is 10.6. The Morgan fingerprint density at radius 2 is 1.87 bits per heavy atom. The molecule has 0 unspecified atom stereocenters. The average Bonchev–Trinajstić information content (AvgIpc) is 2.75. The molecular formula is C26H27BrN2O2. The Kier molecular flexibility index (Phi) is 6.44. The predicted molar refractivity (Wildman–Crippen MR) is 129 cm³/mol. The summed E-state index contributed by atoms with van der Waals surface area (Å²) >= 11 is 3.58. The number of hydrogen-bond acceptors (Lipinski definition) is 4. The lowest BCUT2D eigenvalue weighted by Crippen LogP contribution is -2.33. The third-order valence-corrected chi connectivity index (χ3v) is 6.12. The molecule has 1 heterocycles. The van der Waals surface area contributed by atoms with Crippen LogP contribution in [0.25, 0.3) is 0 Å². The topological polar surface area (TPSA) is 53.8 Å². The fourth-order valence-corrected chi connectivity index (χ4v) is 4.53. The monoisotopic (exact) mass is 478 g/mol. The number of halogens is 1. The van der Waals surface area contributed by atoms with Gasteiger partial charge < -0.3 is 9.84 Å². The van der Waals surface area contributed by atoms with Crippen LogP contribution in [0, 0.1) is 13.8 Å². The van der Waals surface area contributed by atoms with Gasteiger partial charge in [-0.25, -0.2) is 0 Å². The van der Waals surface area contributed by atoms with Crippen molar-refractivity contribution in [1.29, 1.82) is 0 Å². The molecule has 0 fully saturated rings. The van der Waals surface area contributed by atoms with Gasteiger partial charge in [0.25, 0.3) is 0 Å². The van der Waals surface area contributed by atoms with Gasteiger partial charge >= 0.3 is 0 Å². The van der Waals surface area contributed by atoms with Crippen LogP contribution in [0.3, 0.4) is 0 Å². The van der Waals surface area contributed by atoms with Gasteiger partial charge in [0.05, 0.1) is 6.61 Å². The zero-order valence-electron chi connectivity index (χ0n) is 18.0. The van der Waals surface area contributed by atoms with Gasteiger partial charge in [-0.15, -0.1) is 0 Å². The Labute approximate surface area is 192 Å². The van der Waals surface area contributed by atoms with E-state index in [2.05, 4.69) is 65.4 Å². The second kappa shape index (κ2) is 9.25. The van der Waals surface area contributed by atoms with Crippen molar-refractivity contribution >= 4 is 21.6 Å². The lowest BCUT2D eigenvalue weighted by molar-refractivity contribution is 0.313. The summed E-state index contributed by atoms with van der Waals surface area (Å²) in [5, 5.41) is 14.6. The number of aryl methyl sites for hydroxylation is 2. The molecular weight excluding hydrogens is 452 g/mol. The number of rotatable bonds is 5. The molecule has 4 rings (SSSR count). The largest absolute Gasteiger partial charge is 0.504 e. The average molecular weight is 479 g/mol. The molecule has 31 heavy (non-hydrogen) atoms. The van der Waals surface area contributed by atoms with E-state index in [1.807, 2.05) is 31.2 Å². The minimum absolute atomic E-state index is 0.0995. The Morgan fingerprint density at radius 3 is 2.61 bits per heavy atom. The van der Waals surface area contributed by atoms with Gasteiger partial charge in [-0.05, 0) is 55.7 Å². The van der Waals surface area contributed by atoms with E-state index < -0.39 is 0 Å². The van der Waals surface area contributed by atoms with E-state index in [1.165, 1.54) is 11.1 Å². The highest BCUT2D eigenvalue weighted by molar-refractivity contribution is 9.10. The number of phenolic OH excluding ortho intramolecular Hbond substituents is 1. The van der Waals surface area contributed by atoms with Crippen LogP contribution in [0.1, 0.15) is 53.4 Å². The van der Waals surface area contributed by atoms with Gasteiger partial charge in [-0.3, -0.25) is 10.3 Å². The van der Waals surface area contributed by atoms with Crippen molar-refractivity contribution in [2.24, 2.45) is 4.99 Å². The van der Waals surface area contributed by atoms with Crippen LogP contribution >= 0.6 is 15.9 Å². The number of nitrogens with one attached hydrogen (secondary N) is 1. The molecule has 0 saturated carbocycles. The van der Waals surface area contributed by atoms with Crippen molar-refractivity contribution in [3.05, 3.63) is 93.0 Å². The molecule has 1 aliphatic rings. The highest BCUT2D eigenvalue weighted by Crippen LogP contribution is 2.39. The molecule has 160 valence electrons. The smallest absolute Gasteiger partial charge is 0.162 e. The normalized spacial score (nSPS) is 18.5. The number of phenols is 1. The molecule has 2 N–H and O–H groups in total. The first-order chi connectivity index (χ1) is 15.0. The number of hydrogen-bond donors (Lipinski definition) is 2. The maximum absolute atomic E-state index is 10.9. The standard InChI is InChI=1S/C26H27BrN2O2/c1-4-31-24-10-6-9-21(25(24)30)23-15-22(18-7-5-8-19(27)14-18)28-26(29-23)20-12-11-16(2)13-17(20)3/h5-14,23,26,29-30H,4,15H2,1-3H3/t23-,26-/m1/s1. The lowest BCUT2D eigenvalue weighted by Gasteiger charge is -2.32. The summed E-state index contributed by atoms with van der Waals surface area (Å²) in [5.41, 5.74) is 6.48. The molecule has 2 atom stereocenters. The molecule has 3 aromatic rings. The van der Waals surface area contributed by atoms with Crippen molar-refractivity contribution in [2.45, 2.75) is 39.4 Å². The van der Waals surface area contributed by atoms with Crippen molar-refractivity contribution in [1.82, 2.24) is 5.32 Å². The quantitative estimate of drug-likeness (QED) is 0.446. The van der Waals surface area contributed by atoms with Gasteiger partial charge in [0.15, 0.2) is 11.5 Å². The van der Waals surface area contributed by atoms with Crippen molar-refractivity contribution < 1.29 is 9.84 Å². The third-order valence-electron chi connectivity index (χ3n) is 5.62. The van der Waals surface area contributed by atoms with E-state index in [4.69, 9.17) is 9.73 Å². The van der Waals surface area contributed by atoms with Crippen LogP contribution in [-0.2, 0) is 0 Å². The van der Waals surface area contributed by atoms with E-state index in [0.29, 0.717) is 18.8 Å². The van der Waals surface area contributed by atoms with Crippen LogP contribution in [0.4, 0.5) is 0 Å². The van der Waals surface area contributed by atoms with Crippen molar-refractivity contribution in [3.8, 4) is 11.5 Å². The summed E-state index contributed by atoms with van der Waals surface area (Å²) in [6.07, 6.45) is 0.463. The number of aromatic hydroxyl groups is 1. The molecule has 0 amide bonds. The minimum Gasteiger partial charge on any atom is -0.504 e. The van der Waals surface area contributed by atoms with Crippen LogP contribution in [0.2, 0.25) is 0 Å². The molecule has 0 saturated heterocycles. The fraction of sp³-hybridized carbons (Fsp3) is 0.269. The molecule has 0 aromatic heterocycles. The Hall–Kier alpha value is -2.63. The number of benzene rings is 3. The van der Waals surface area contributed by atoms with Crippen LogP contribution < -0.4 is 10.1 Å². The predicted octanol–water partition coefficient (Wildman–Crippen LogP) is 6.39. The molecule has 1 aliphatic heterocycles. The van der Waals surface area contributed by atoms with Crippen LogP contribution in [0.5, 0.6) is 11.5 Å². The first-order valence-corrected chi connectivity index (χ1v) is 11.4. The molecule has 0 spiro atoms. The summed E-state index contributed by atoms with van der Waals surface area (Å²) in [6.45, 7) is 6.64. The fourth-order valence-electron chi connectivity index (χ4n) is 4.13. The second-order valence-electron chi connectivity index (χ2n) is 7.90. The summed E-state index contributed by atoms with van der Waals surface area (Å²) in [4.78, 5) is 5.09. The SMILES string of the molecule is CCOc1cccc([C@H]2CC(c3cccc(Br)c3)=N[C@@H](c3ccc(C)cc3C)N2)c1O. The lowest BCUT2D eigenvalue weighted by atomic mass is 9.92. The Bertz CT molecular complexity index is 1130.